The fraction of sp³-hybridized carbons (Fsp3) is 0.281. The highest BCUT2D eigenvalue weighted by Gasteiger charge is 2.57. The molecule has 0 bridgehead atoms. The fourth-order valence-electron chi connectivity index (χ4n) is 8.25. The SMILES string of the molecule is [N-]=[N+]=NCCCO[C@@H]1O[C@H](COC(=O)c2ccccc2)[C@@H](O[C@@H]2O[C@H](COCc3ccccc3)[C@H](O)[C@H](OC(=O)c3ccccc3)[C@H]2OC(=O)c2ccccc2)[C@H](OC(=O)c2ccccc2)[C@H]1OC(=O)c1ccccc1. The van der Waals surface area contributed by atoms with Gasteiger partial charge in [-0.05, 0) is 78.2 Å². The Morgan fingerprint density at radius 3 is 1.37 bits per heavy atom. The standard InChI is InChI=1S/C57H53N3O16/c58-60-59-32-19-33-68-56-50(75-55(66)42-30-17-6-18-31-42)48(73-53(64)40-26-13-4-14-27-40)46(44(71-56)36-69-51(62)38-22-9-2-10-23-38)76-57-49(74-54(65)41-28-15-5-16-29-41)47(72-52(63)39-24-11-3-12-25-39)45(61)43(70-57)35-67-34-37-20-7-1-8-21-37/h1-18,20-31,43-50,56-57,61H,19,32-36H2/t43-,44-,45+,46-,47+,48+,49-,50-,56-,57+/m1/s1. The number of hydrogen-bond acceptors (Lipinski definition) is 17. The first kappa shape index (κ1) is 54.0. The maximum absolute atomic E-state index is 14.4. The Morgan fingerprint density at radius 1 is 0.487 bits per heavy atom. The van der Waals surface area contributed by atoms with Crippen molar-refractivity contribution in [3.05, 3.63) is 226 Å². The summed E-state index contributed by atoms with van der Waals surface area (Å²) in [6, 6.07) is 48.7. The highest BCUT2D eigenvalue weighted by Crippen LogP contribution is 2.36. The Bertz CT molecular complexity index is 2870. The molecular formula is C57H53N3O16. The molecule has 0 spiro atoms. The van der Waals surface area contributed by atoms with Gasteiger partial charge in [-0.15, -0.1) is 0 Å². The van der Waals surface area contributed by atoms with E-state index in [4.69, 9.17) is 52.9 Å². The third-order valence-corrected chi connectivity index (χ3v) is 12.0. The van der Waals surface area contributed by atoms with Gasteiger partial charge in [0.05, 0.1) is 47.6 Å². The number of benzene rings is 6. The van der Waals surface area contributed by atoms with Crippen LogP contribution in [-0.4, -0.2) is 123 Å². The van der Waals surface area contributed by atoms with Crippen molar-refractivity contribution in [1.82, 2.24) is 0 Å². The lowest BCUT2D eigenvalue weighted by atomic mass is 9.95. The Kier molecular flexibility index (Phi) is 19.4. The van der Waals surface area contributed by atoms with Crippen LogP contribution in [0.25, 0.3) is 10.4 Å². The molecule has 19 nitrogen and oxygen atoms in total. The summed E-state index contributed by atoms with van der Waals surface area (Å²) in [6.45, 7) is -1.07. The molecule has 392 valence electrons. The highest BCUT2D eigenvalue weighted by atomic mass is 16.8. The van der Waals surface area contributed by atoms with Crippen LogP contribution in [0.1, 0.15) is 63.8 Å². The van der Waals surface area contributed by atoms with E-state index in [2.05, 4.69) is 10.0 Å². The number of esters is 5. The third kappa shape index (κ3) is 14.5. The Labute approximate surface area is 436 Å². The molecule has 2 aliphatic heterocycles. The second kappa shape index (κ2) is 27.3. The zero-order valence-corrected chi connectivity index (χ0v) is 40.7. The van der Waals surface area contributed by atoms with Crippen molar-refractivity contribution in [3.8, 4) is 0 Å². The Morgan fingerprint density at radius 2 is 0.895 bits per heavy atom. The van der Waals surface area contributed by atoms with Gasteiger partial charge in [0.2, 0.25) is 0 Å². The fourth-order valence-corrected chi connectivity index (χ4v) is 8.25. The average molecular weight is 1040 g/mol. The molecule has 2 heterocycles. The number of azide groups is 1. The lowest BCUT2D eigenvalue weighted by Gasteiger charge is -2.48. The van der Waals surface area contributed by atoms with Crippen molar-refractivity contribution in [2.45, 2.75) is 74.4 Å². The molecule has 0 unspecified atom stereocenters. The van der Waals surface area contributed by atoms with Crippen LogP contribution in [0, 0.1) is 0 Å². The second-order valence-electron chi connectivity index (χ2n) is 17.3. The van der Waals surface area contributed by atoms with E-state index in [-0.39, 0.29) is 60.6 Å². The van der Waals surface area contributed by atoms with E-state index < -0.39 is 97.9 Å². The molecule has 6 aromatic carbocycles. The highest BCUT2D eigenvalue weighted by molar-refractivity contribution is 5.92. The summed E-state index contributed by atoms with van der Waals surface area (Å²) in [5.74, 6) is -4.48. The second-order valence-corrected chi connectivity index (χ2v) is 17.3. The van der Waals surface area contributed by atoms with Gasteiger partial charge in [0.25, 0.3) is 0 Å². The van der Waals surface area contributed by atoms with E-state index in [1.807, 2.05) is 30.3 Å². The molecule has 2 fully saturated rings. The monoisotopic (exact) mass is 1040 g/mol. The summed E-state index contributed by atoms with van der Waals surface area (Å²) in [5, 5.41) is 15.8. The summed E-state index contributed by atoms with van der Waals surface area (Å²) in [4.78, 5) is 73.3. The lowest BCUT2D eigenvalue weighted by molar-refractivity contribution is -0.357. The number of aliphatic hydroxyl groups excluding tert-OH is 1. The number of ether oxygens (including phenoxy) is 10. The van der Waals surface area contributed by atoms with Gasteiger partial charge in [0.15, 0.2) is 37.0 Å². The number of carbonyl (C=O) groups excluding carboxylic acids is 5. The van der Waals surface area contributed by atoms with E-state index in [1.165, 1.54) is 60.7 Å². The molecule has 19 heteroatoms. The molecule has 2 aliphatic rings. The molecule has 0 radical (unpaired) electrons. The Balaban J connectivity index is 1.24. The first-order valence-electron chi connectivity index (χ1n) is 24.3. The smallest absolute Gasteiger partial charge is 0.338 e. The van der Waals surface area contributed by atoms with Crippen LogP contribution in [0.5, 0.6) is 0 Å². The van der Waals surface area contributed by atoms with Gasteiger partial charge in [-0.25, -0.2) is 24.0 Å². The van der Waals surface area contributed by atoms with Gasteiger partial charge in [0, 0.05) is 11.5 Å². The summed E-state index contributed by atoms with van der Waals surface area (Å²) in [7, 11) is 0. The molecule has 0 amide bonds. The van der Waals surface area contributed by atoms with Gasteiger partial charge in [-0.3, -0.25) is 0 Å². The van der Waals surface area contributed by atoms with Crippen LogP contribution in [0.15, 0.2) is 187 Å². The maximum atomic E-state index is 14.4. The molecule has 0 aromatic heterocycles. The largest absolute Gasteiger partial charge is 0.459 e. The Hall–Kier alpha value is -8.26. The summed E-state index contributed by atoms with van der Waals surface area (Å²) < 4.78 is 63.0. The third-order valence-electron chi connectivity index (χ3n) is 12.0. The molecule has 0 aliphatic carbocycles. The normalized spacial score (nSPS) is 22.9. The van der Waals surface area contributed by atoms with Crippen molar-refractivity contribution in [2.75, 3.05) is 26.4 Å². The average Bonchev–Trinajstić information content (AvgIpc) is 3.47. The predicted octanol–water partition coefficient (Wildman–Crippen LogP) is 7.88. The van der Waals surface area contributed by atoms with E-state index >= 15 is 0 Å². The maximum Gasteiger partial charge on any atom is 0.338 e. The quantitative estimate of drug-likeness (QED) is 0.0170. The zero-order valence-electron chi connectivity index (χ0n) is 40.7. The zero-order chi connectivity index (χ0) is 53.1. The van der Waals surface area contributed by atoms with Crippen molar-refractivity contribution in [2.24, 2.45) is 5.11 Å². The van der Waals surface area contributed by atoms with Crippen molar-refractivity contribution < 1.29 is 76.4 Å². The van der Waals surface area contributed by atoms with Crippen LogP contribution in [0.3, 0.4) is 0 Å². The first-order valence-corrected chi connectivity index (χ1v) is 24.3. The van der Waals surface area contributed by atoms with Crippen LogP contribution < -0.4 is 0 Å². The topological polar surface area (TPSA) is 247 Å². The van der Waals surface area contributed by atoms with Crippen molar-refractivity contribution >= 4 is 29.8 Å². The number of rotatable bonds is 22. The van der Waals surface area contributed by atoms with Crippen LogP contribution in [0.2, 0.25) is 0 Å². The number of carbonyl (C=O) groups is 5. The predicted molar refractivity (Wildman–Crippen MR) is 268 cm³/mol. The molecule has 76 heavy (non-hydrogen) atoms. The molecule has 6 aromatic rings. The van der Waals surface area contributed by atoms with Gasteiger partial charge >= 0.3 is 29.8 Å². The molecule has 0 saturated carbocycles. The molecular weight excluding hydrogens is 983 g/mol. The minimum Gasteiger partial charge on any atom is -0.459 e. The van der Waals surface area contributed by atoms with Crippen LogP contribution in [0.4, 0.5) is 0 Å². The molecule has 8 rings (SSSR count). The number of nitrogens with zero attached hydrogens (tertiary/aromatic N) is 3. The number of hydrogen-bond donors (Lipinski definition) is 1. The molecule has 1 N–H and O–H groups in total. The van der Waals surface area contributed by atoms with Gasteiger partial charge in [0.1, 0.15) is 31.0 Å². The molecule has 2 saturated heterocycles. The van der Waals surface area contributed by atoms with E-state index in [9.17, 15) is 29.1 Å². The van der Waals surface area contributed by atoms with E-state index in [0.29, 0.717) is 0 Å². The van der Waals surface area contributed by atoms with Crippen LogP contribution in [-0.2, 0) is 54.0 Å². The van der Waals surface area contributed by atoms with Crippen molar-refractivity contribution in [3.63, 3.8) is 0 Å². The van der Waals surface area contributed by atoms with Gasteiger partial charge in [-0.2, -0.15) is 0 Å². The summed E-state index contributed by atoms with van der Waals surface area (Å²) in [5.41, 5.74) is 10.2. The van der Waals surface area contributed by atoms with E-state index in [1.54, 1.807) is 91.0 Å². The van der Waals surface area contributed by atoms with Gasteiger partial charge in [-0.1, -0.05) is 126 Å². The van der Waals surface area contributed by atoms with E-state index in [0.717, 1.165) is 5.56 Å². The van der Waals surface area contributed by atoms with Crippen molar-refractivity contribution in [1.29, 1.82) is 0 Å². The minimum absolute atomic E-state index is 0.00810. The lowest BCUT2D eigenvalue weighted by Crippen LogP contribution is -2.67. The summed E-state index contributed by atoms with van der Waals surface area (Å²) in [6.07, 6.45) is -16.8. The summed E-state index contributed by atoms with van der Waals surface area (Å²) >= 11 is 0. The van der Waals surface area contributed by atoms with Gasteiger partial charge < -0.3 is 52.5 Å². The minimum atomic E-state index is -1.89. The number of aliphatic hydroxyl groups is 1. The first-order chi connectivity index (χ1) is 37.2. The molecule has 10 atom stereocenters. The van der Waals surface area contributed by atoms with Crippen LogP contribution >= 0.6 is 0 Å².